The summed E-state index contributed by atoms with van der Waals surface area (Å²) in [5.41, 5.74) is 2.12. The number of carbonyl (C=O) groups is 1. The molecule has 0 aliphatic carbocycles. The van der Waals surface area contributed by atoms with E-state index < -0.39 is 5.92 Å². The van der Waals surface area contributed by atoms with Gasteiger partial charge in [0, 0.05) is 0 Å². The molecule has 0 saturated carbocycles. The fourth-order valence-corrected chi connectivity index (χ4v) is 2.33. The van der Waals surface area contributed by atoms with Crippen molar-refractivity contribution in [3.63, 3.8) is 0 Å². The Bertz CT molecular complexity index is 545. The number of hydrogen-bond donors (Lipinski definition) is 2. The van der Waals surface area contributed by atoms with E-state index >= 15 is 0 Å². The minimum absolute atomic E-state index is 0.273. The van der Waals surface area contributed by atoms with Crippen molar-refractivity contribution < 1.29 is 4.79 Å². The van der Waals surface area contributed by atoms with Gasteiger partial charge in [-0.2, -0.15) is 5.26 Å². The van der Waals surface area contributed by atoms with E-state index in [0.29, 0.717) is 5.92 Å². The largest absolute Gasteiger partial charge is 0.354 e. The minimum Gasteiger partial charge on any atom is -0.354 e. The number of nitriles is 1. The first-order chi connectivity index (χ1) is 9.02. The van der Waals surface area contributed by atoms with Gasteiger partial charge in [-0.15, -0.1) is 0 Å². The molecule has 1 amide bonds. The van der Waals surface area contributed by atoms with Crippen LogP contribution in [0.4, 0.5) is 0 Å². The molecule has 0 spiro atoms. The fourth-order valence-electron chi connectivity index (χ4n) is 2.10. The smallest absolute Gasteiger partial charge is 0.245 e. The van der Waals surface area contributed by atoms with Crippen molar-refractivity contribution in [2.75, 3.05) is 0 Å². The van der Waals surface area contributed by atoms with Crippen molar-refractivity contribution in [2.45, 2.75) is 25.8 Å². The van der Waals surface area contributed by atoms with Gasteiger partial charge in [0.15, 0.2) is 5.11 Å². The average Bonchev–Trinajstić information content (AvgIpc) is 2.38. The molecule has 1 aliphatic heterocycles. The van der Waals surface area contributed by atoms with Gasteiger partial charge >= 0.3 is 0 Å². The van der Waals surface area contributed by atoms with E-state index in [1.165, 1.54) is 5.56 Å². The average molecular weight is 273 g/mol. The maximum atomic E-state index is 11.7. The molecule has 5 heteroatoms. The van der Waals surface area contributed by atoms with Crippen molar-refractivity contribution in [3.05, 3.63) is 35.4 Å². The molecular formula is C14H15N3OS. The van der Waals surface area contributed by atoms with Gasteiger partial charge in [-0.25, -0.2) is 0 Å². The van der Waals surface area contributed by atoms with Gasteiger partial charge in [-0.05, 0) is 29.3 Å². The topological polar surface area (TPSA) is 64.9 Å². The highest BCUT2D eigenvalue weighted by atomic mass is 32.1. The number of hydrogen-bond acceptors (Lipinski definition) is 3. The van der Waals surface area contributed by atoms with Crippen LogP contribution in [0.15, 0.2) is 24.3 Å². The van der Waals surface area contributed by atoms with Crippen LogP contribution in [0.2, 0.25) is 0 Å². The van der Waals surface area contributed by atoms with Gasteiger partial charge in [0.2, 0.25) is 5.91 Å². The lowest BCUT2D eigenvalue weighted by atomic mass is 9.90. The predicted molar refractivity (Wildman–Crippen MR) is 76.3 cm³/mol. The van der Waals surface area contributed by atoms with Crippen LogP contribution < -0.4 is 10.6 Å². The molecule has 4 nitrogen and oxygen atoms in total. The highest BCUT2D eigenvalue weighted by Gasteiger charge is 2.34. The summed E-state index contributed by atoms with van der Waals surface area (Å²) < 4.78 is 0. The lowest BCUT2D eigenvalue weighted by molar-refractivity contribution is -0.123. The monoisotopic (exact) mass is 273 g/mol. The SMILES string of the molecule is CC(C)c1ccc([C@H]2NC(=S)NC(=O)[C@H]2C#N)cc1. The van der Waals surface area contributed by atoms with Gasteiger partial charge in [-0.1, -0.05) is 38.1 Å². The number of benzene rings is 1. The summed E-state index contributed by atoms with van der Waals surface area (Å²) in [4.78, 5) is 11.7. The van der Waals surface area contributed by atoms with E-state index in [0.717, 1.165) is 5.56 Å². The van der Waals surface area contributed by atoms with Crippen LogP contribution in [0.1, 0.15) is 36.9 Å². The van der Waals surface area contributed by atoms with Crippen molar-refractivity contribution in [2.24, 2.45) is 5.92 Å². The van der Waals surface area contributed by atoms with E-state index in [4.69, 9.17) is 17.5 Å². The van der Waals surface area contributed by atoms with Crippen LogP contribution in [0, 0.1) is 17.2 Å². The first kappa shape index (κ1) is 13.5. The Balaban J connectivity index is 2.30. The summed E-state index contributed by atoms with van der Waals surface area (Å²) in [6.07, 6.45) is 0. The van der Waals surface area contributed by atoms with Crippen molar-refractivity contribution in [3.8, 4) is 6.07 Å². The van der Waals surface area contributed by atoms with E-state index in [2.05, 4.69) is 24.5 Å². The summed E-state index contributed by atoms with van der Waals surface area (Å²) in [6, 6.07) is 9.57. The summed E-state index contributed by atoms with van der Waals surface area (Å²) in [7, 11) is 0. The standard InChI is InChI=1S/C14H15N3OS/c1-8(2)9-3-5-10(6-4-9)12-11(7-15)13(18)17-14(19)16-12/h3-6,8,11-12H,1-2H3,(H2,16,17,18,19)/t11-,12+/m0/s1. The molecule has 0 unspecified atom stereocenters. The highest BCUT2D eigenvalue weighted by molar-refractivity contribution is 7.80. The Kier molecular flexibility index (Phi) is 3.82. The van der Waals surface area contributed by atoms with Crippen molar-refractivity contribution in [1.82, 2.24) is 10.6 Å². The van der Waals surface area contributed by atoms with Crippen molar-refractivity contribution in [1.29, 1.82) is 5.26 Å². The Labute approximate surface area is 117 Å². The van der Waals surface area contributed by atoms with E-state index in [9.17, 15) is 4.79 Å². The first-order valence-corrected chi connectivity index (χ1v) is 6.54. The summed E-state index contributed by atoms with van der Waals surface area (Å²) in [5, 5.41) is 14.9. The number of rotatable bonds is 2. The summed E-state index contributed by atoms with van der Waals surface area (Å²) in [5.74, 6) is -0.662. The van der Waals surface area contributed by atoms with Gasteiger partial charge in [0.1, 0.15) is 5.92 Å². The molecule has 1 fully saturated rings. The third-order valence-corrected chi connectivity index (χ3v) is 3.46. The quantitative estimate of drug-likeness (QED) is 0.809. The number of thiocarbonyl (C=S) groups is 1. The Morgan fingerprint density at radius 1 is 1.32 bits per heavy atom. The van der Waals surface area contributed by atoms with Gasteiger partial charge in [0.05, 0.1) is 12.1 Å². The van der Waals surface area contributed by atoms with Crippen molar-refractivity contribution >= 4 is 23.2 Å². The third-order valence-electron chi connectivity index (χ3n) is 3.24. The normalized spacial score (nSPS) is 22.6. The van der Waals surface area contributed by atoms with Crippen LogP contribution in [0.3, 0.4) is 0 Å². The Hall–Kier alpha value is -1.93. The van der Waals surface area contributed by atoms with Gasteiger partial charge in [0.25, 0.3) is 0 Å². The molecule has 2 atom stereocenters. The van der Waals surface area contributed by atoms with Crippen LogP contribution in [0.5, 0.6) is 0 Å². The van der Waals surface area contributed by atoms with Gasteiger partial charge in [-0.3, -0.25) is 4.79 Å². The molecule has 1 aliphatic rings. The minimum atomic E-state index is -0.767. The van der Waals surface area contributed by atoms with Crippen LogP contribution in [0.25, 0.3) is 0 Å². The number of carbonyl (C=O) groups excluding carboxylic acids is 1. The molecule has 2 N–H and O–H groups in total. The molecule has 1 aromatic rings. The molecular weight excluding hydrogens is 258 g/mol. The molecule has 19 heavy (non-hydrogen) atoms. The second kappa shape index (κ2) is 5.37. The fraction of sp³-hybridized carbons (Fsp3) is 0.357. The Morgan fingerprint density at radius 2 is 1.95 bits per heavy atom. The van der Waals surface area contributed by atoms with Crippen LogP contribution in [-0.2, 0) is 4.79 Å². The zero-order chi connectivity index (χ0) is 14.0. The molecule has 0 radical (unpaired) electrons. The lowest BCUT2D eigenvalue weighted by Crippen LogP contribution is -2.53. The summed E-state index contributed by atoms with van der Waals surface area (Å²) >= 11 is 4.98. The zero-order valence-corrected chi connectivity index (χ0v) is 11.6. The maximum absolute atomic E-state index is 11.7. The predicted octanol–water partition coefficient (Wildman–Crippen LogP) is 2.00. The van der Waals surface area contributed by atoms with E-state index in [1.807, 2.05) is 30.3 Å². The number of nitrogens with zero attached hydrogens (tertiary/aromatic N) is 1. The Morgan fingerprint density at radius 3 is 2.47 bits per heavy atom. The highest BCUT2D eigenvalue weighted by Crippen LogP contribution is 2.26. The van der Waals surface area contributed by atoms with Gasteiger partial charge < -0.3 is 10.6 Å². The molecule has 98 valence electrons. The molecule has 1 aromatic carbocycles. The molecule has 1 heterocycles. The number of nitrogens with one attached hydrogen (secondary N) is 2. The zero-order valence-electron chi connectivity index (χ0n) is 10.8. The molecule has 0 bridgehead atoms. The molecule has 0 aromatic heterocycles. The van der Waals surface area contributed by atoms with E-state index in [1.54, 1.807) is 0 Å². The number of amides is 1. The third kappa shape index (κ3) is 2.74. The van der Waals surface area contributed by atoms with Crippen LogP contribution in [-0.4, -0.2) is 11.0 Å². The van der Waals surface area contributed by atoms with Crippen LogP contribution >= 0.6 is 12.2 Å². The first-order valence-electron chi connectivity index (χ1n) is 6.13. The maximum Gasteiger partial charge on any atom is 0.245 e. The molecule has 1 saturated heterocycles. The lowest BCUT2D eigenvalue weighted by Gasteiger charge is -2.29. The molecule has 2 rings (SSSR count). The second-order valence-corrected chi connectivity index (χ2v) is 5.28. The summed E-state index contributed by atoms with van der Waals surface area (Å²) in [6.45, 7) is 4.24. The van der Waals surface area contributed by atoms with E-state index in [-0.39, 0.29) is 17.1 Å². The second-order valence-electron chi connectivity index (χ2n) is 4.87.